The van der Waals surface area contributed by atoms with Crippen LogP contribution in [0.1, 0.15) is 0 Å². The molecule has 0 spiro atoms. The van der Waals surface area contributed by atoms with Gasteiger partial charge in [-0.1, -0.05) is 11.9 Å². The first-order valence-corrected chi connectivity index (χ1v) is 2.52. The molecule has 0 saturated carbocycles. The quantitative estimate of drug-likeness (QED) is 0.414. The average Bonchev–Trinajstić information content (AvgIpc) is 1.76. The Balaban J connectivity index is 2.08. The van der Waals surface area contributed by atoms with Gasteiger partial charge in [-0.05, 0) is 0 Å². The fraction of sp³-hybridized carbons (Fsp3) is 1.00. The van der Waals surface area contributed by atoms with Gasteiger partial charge in [0.25, 0.3) is 0 Å². The number of hydrogen-bond donors (Lipinski definition) is 1. The number of nitrogens with one attached hydrogen (secondary N) is 1. The Hall–Kier alpha value is 0.270. The third kappa shape index (κ3) is 0.792. The second-order valence-electron chi connectivity index (χ2n) is 0.821. The van der Waals surface area contributed by atoms with Gasteiger partial charge in [-0.2, -0.15) is 10.3 Å². The monoisotopic (exact) mass is 89.0 g/mol. The van der Waals surface area contributed by atoms with Crippen molar-refractivity contribution in [2.45, 2.75) is 0 Å². The Bertz CT molecular complexity index is 19.2. The molecule has 0 atom stereocenters. The molecule has 1 N–H and O–H groups in total. The minimum Gasteiger partial charge on any atom is -0.183 e. The molecule has 0 aromatic rings. The van der Waals surface area contributed by atoms with E-state index in [4.69, 9.17) is 0 Å². The van der Waals surface area contributed by atoms with Crippen molar-refractivity contribution < 1.29 is 0 Å². The lowest BCUT2D eigenvalue weighted by Gasteiger charge is -1.75. The van der Waals surface area contributed by atoms with E-state index in [2.05, 4.69) is 10.3 Å². The lowest BCUT2D eigenvalue weighted by Crippen LogP contribution is -2.06. The molecule has 0 bridgehead atoms. The molecule has 0 aromatic heterocycles. The molecule has 1 saturated heterocycles. The molecule has 1 aliphatic heterocycles. The molecule has 0 amide bonds. The Kier molecular flexibility index (Phi) is 1.14. The molecule has 1 rings (SSSR count). The van der Waals surface area contributed by atoms with E-state index < -0.39 is 0 Å². The zero-order valence-electron chi connectivity index (χ0n) is 2.77. The summed E-state index contributed by atoms with van der Waals surface area (Å²) in [5.74, 6) is 1.14. The van der Waals surface area contributed by atoms with Crippen molar-refractivity contribution in [1.82, 2.24) is 10.3 Å². The normalized spacial score (nSPS) is 24.0. The van der Waals surface area contributed by atoms with Crippen molar-refractivity contribution in [3.05, 3.63) is 0 Å². The van der Waals surface area contributed by atoms with Gasteiger partial charge in [0, 0.05) is 12.3 Å². The van der Waals surface area contributed by atoms with Gasteiger partial charge in [-0.25, -0.2) is 0 Å². The summed E-state index contributed by atoms with van der Waals surface area (Å²) in [7, 11) is 0. The van der Waals surface area contributed by atoms with Crippen LogP contribution in [0.15, 0.2) is 0 Å². The van der Waals surface area contributed by atoms with Gasteiger partial charge >= 0.3 is 0 Å². The number of hydrogen-bond acceptors (Lipinski definition) is 2. The molecular weight excluding hydrogens is 84.1 g/mol. The molecule has 3 heteroatoms. The van der Waals surface area contributed by atoms with E-state index in [1.165, 1.54) is 0 Å². The molecule has 1 fully saturated rings. The fourth-order valence-corrected chi connectivity index (χ4v) is 0.685. The summed E-state index contributed by atoms with van der Waals surface area (Å²) >= 11 is 1.66. The minimum atomic E-state index is 0.977. The first-order chi connectivity index (χ1) is 2.50. The second-order valence-corrected chi connectivity index (χ2v) is 1.70. The van der Waals surface area contributed by atoms with Crippen molar-refractivity contribution in [2.24, 2.45) is 0 Å². The highest BCUT2D eigenvalue weighted by Gasteiger charge is 1.94. The standard InChI is InChI=1S/C2H5N2S/c1-2-5-4-3-1/h4H,1-2H2. The van der Waals surface area contributed by atoms with Crippen molar-refractivity contribution >= 4 is 11.9 Å². The van der Waals surface area contributed by atoms with Crippen LogP contribution in [-0.4, -0.2) is 12.3 Å². The van der Waals surface area contributed by atoms with Gasteiger partial charge in [0.1, 0.15) is 0 Å². The third-order valence-corrected chi connectivity index (χ3v) is 1.08. The molecule has 1 heterocycles. The summed E-state index contributed by atoms with van der Waals surface area (Å²) in [6, 6.07) is 0. The highest BCUT2D eigenvalue weighted by atomic mass is 32.2. The van der Waals surface area contributed by atoms with E-state index in [1.807, 2.05) is 0 Å². The lowest BCUT2D eigenvalue weighted by atomic mass is 10.8. The molecule has 29 valence electrons. The molecule has 0 unspecified atom stereocenters. The van der Waals surface area contributed by atoms with Gasteiger partial charge in [-0.15, -0.1) is 0 Å². The Labute approximate surface area is 35.4 Å². The Morgan fingerprint density at radius 3 is 3.00 bits per heavy atom. The van der Waals surface area contributed by atoms with E-state index in [9.17, 15) is 0 Å². The van der Waals surface area contributed by atoms with Crippen molar-refractivity contribution in [1.29, 1.82) is 0 Å². The van der Waals surface area contributed by atoms with E-state index >= 15 is 0 Å². The SMILES string of the molecule is C1CSN[N]1. The molecule has 1 radical (unpaired) electrons. The highest BCUT2D eigenvalue weighted by molar-refractivity contribution is 7.97. The maximum absolute atomic E-state index is 3.80. The van der Waals surface area contributed by atoms with E-state index in [0.29, 0.717) is 0 Å². The molecule has 0 aliphatic carbocycles. The van der Waals surface area contributed by atoms with Crippen LogP contribution in [0, 0.1) is 0 Å². The fourth-order valence-electron chi connectivity index (χ4n) is 0.228. The van der Waals surface area contributed by atoms with Crippen LogP contribution < -0.4 is 10.3 Å². The van der Waals surface area contributed by atoms with Crippen LogP contribution in [0.25, 0.3) is 0 Å². The van der Waals surface area contributed by atoms with Crippen LogP contribution in [0.2, 0.25) is 0 Å². The van der Waals surface area contributed by atoms with Crippen LogP contribution >= 0.6 is 11.9 Å². The van der Waals surface area contributed by atoms with Crippen molar-refractivity contribution in [3.63, 3.8) is 0 Å². The zero-order chi connectivity index (χ0) is 3.54. The molecule has 5 heavy (non-hydrogen) atoms. The zero-order valence-corrected chi connectivity index (χ0v) is 3.59. The summed E-state index contributed by atoms with van der Waals surface area (Å²) in [5.41, 5.74) is 3.80. The molecule has 2 nitrogen and oxygen atoms in total. The number of nitrogens with zero attached hydrogens (tertiary/aromatic N) is 1. The summed E-state index contributed by atoms with van der Waals surface area (Å²) in [5, 5.41) is 0. The van der Waals surface area contributed by atoms with Gasteiger partial charge in [0.05, 0.1) is 0 Å². The van der Waals surface area contributed by atoms with E-state index in [1.54, 1.807) is 11.9 Å². The minimum absolute atomic E-state index is 0.977. The Morgan fingerprint density at radius 1 is 1.80 bits per heavy atom. The molecule has 0 aromatic carbocycles. The van der Waals surface area contributed by atoms with Crippen LogP contribution in [0.3, 0.4) is 0 Å². The first kappa shape index (κ1) is 3.46. The molecule has 1 aliphatic rings. The summed E-state index contributed by atoms with van der Waals surface area (Å²) in [4.78, 5) is 2.76. The van der Waals surface area contributed by atoms with Crippen LogP contribution in [0.4, 0.5) is 0 Å². The van der Waals surface area contributed by atoms with Crippen LogP contribution in [-0.2, 0) is 0 Å². The predicted molar refractivity (Wildman–Crippen MR) is 22.6 cm³/mol. The topological polar surface area (TPSA) is 26.1 Å². The maximum Gasteiger partial charge on any atom is 0.0417 e. The average molecular weight is 89.1 g/mol. The second kappa shape index (κ2) is 1.64. The predicted octanol–water partition coefficient (Wildman–Crippen LogP) is -0.243. The van der Waals surface area contributed by atoms with Crippen LogP contribution in [0.5, 0.6) is 0 Å². The summed E-state index contributed by atoms with van der Waals surface area (Å²) < 4.78 is 0. The lowest BCUT2D eigenvalue weighted by molar-refractivity contribution is 0.746. The Morgan fingerprint density at radius 2 is 2.80 bits per heavy atom. The van der Waals surface area contributed by atoms with Gasteiger partial charge < -0.3 is 0 Å². The smallest absolute Gasteiger partial charge is 0.0417 e. The number of rotatable bonds is 0. The largest absolute Gasteiger partial charge is 0.183 e. The third-order valence-electron chi connectivity index (χ3n) is 0.434. The highest BCUT2D eigenvalue weighted by Crippen LogP contribution is 1.93. The van der Waals surface area contributed by atoms with E-state index in [-0.39, 0.29) is 0 Å². The summed E-state index contributed by atoms with van der Waals surface area (Å²) in [6.07, 6.45) is 0. The van der Waals surface area contributed by atoms with Crippen molar-refractivity contribution in [2.75, 3.05) is 12.3 Å². The first-order valence-electron chi connectivity index (χ1n) is 1.53. The van der Waals surface area contributed by atoms with Gasteiger partial charge in [0.2, 0.25) is 0 Å². The van der Waals surface area contributed by atoms with Gasteiger partial charge in [0.15, 0.2) is 0 Å². The molecular formula is C2H5N2S. The van der Waals surface area contributed by atoms with Gasteiger partial charge in [-0.3, -0.25) is 0 Å². The van der Waals surface area contributed by atoms with Crippen molar-refractivity contribution in [3.8, 4) is 0 Å². The maximum atomic E-state index is 3.80. The van der Waals surface area contributed by atoms with E-state index in [0.717, 1.165) is 12.3 Å². The summed E-state index contributed by atoms with van der Waals surface area (Å²) in [6.45, 7) is 0.977.